The average Bonchev–Trinajstić information content (AvgIpc) is 2.51. The molecule has 0 aliphatic heterocycles. The molecule has 1 rings (SSSR count). The molecule has 0 unspecified atom stereocenters. The number of ether oxygens (including phenoxy) is 1. The highest BCUT2D eigenvalue weighted by atomic mass is 16.5. The van der Waals surface area contributed by atoms with E-state index in [1.165, 1.54) is 0 Å². The van der Waals surface area contributed by atoms with E-state index in [2.05, 4.69) is 23.7 Å². The van der Waals surface area contributed by atoms with Crippen molar-refractivity contribution in [3.63, 3.8) is 0 Å². The zero-order valence-corrected chi connectivity index (χ0v) is 12.7. The van der Waals surface area contributed by atoms with Gasteiger partial charge in [0.25, 0.3) is 0 Å². The predicted octanol–water partition coefficient (Wildman–Crippen LogP) is 1.50. The van der Waals surface area contributed by atoms with Crippen LogP contribution in [0, 0.1) is 11.8 Å². The molecule has 0 amide bonds. The molecule has 4 nitrogen and oxygen atoms in total. The second-order valence-corrected chi connectivity index (χ2v) is 4.75. The Morgan fingerprint density at radius 1 is 1.19 bits per heavy atom. The summed E-state index contributed by atoms with van der Waals surface area (Å²) in [7, 11) is 0. The van der Waals surface area contributed by atoms with E-state index in [4.69, 9.17) is 14.9 Å². The highest BCUT2D eigenvalue weighted by molar-refractivity contribution is 5.39. The summed E-state index contributed by atoms with van der Waals surface area (Å²) < 4.78 is 5.73. The molecule has 0 bridgehead atoms. The van der Waals surface area contributed by atoms with Crippen LogP contribution in [0.4, 0.5) is 0 Å². The molecule has 0 aliphatic carbocycles. The first-order chi connectivity index (χ1) is 10.3. The van der Waals surface area contributed by atoms with E-state index in [0.29, 0.717) is 13.2 Å². The molecule has 0 saturated heterocycles. The molecule has 0 heterocycles. The van der Waals surface area contributed by atoms with Crippen molar-refractivity contribution in [2.75, 3.05) is 39.5 Å². The van der Waals surface area contributed by atoms with E-state index in [1.807, 2.05) is 24.3 Å². The fraction of sp³-hybridized carbons (Fsp3) is 0.529. The molecule has 1 aromatic rings. The van der Waals surface area contributed by atoms with E-state index in [1.54, 1.807) is 0 Å². The van der Waals surface area contributed by atoms with Gasteiger partial charge in [-0.05, 0) is 31.2 Å². The van der Waals surface area contributed by atoms with Crippen molar-refractivity contribution in [1.82, 2.24) is 4.90 Å². The lowest BCUT2D eigenvalue weighted by atomic mass is 10.2. The third-order valence-corrected chi connectivity index (χ3v) is 3.07. The number of rotatable bonds is 9. The van der Waals surface area contributed by atoms with Crippen LogP contribution >= 0.6 is 0 Å². The summed E-state index contributed by atoms with van der Waals surface area (Å²) in [6.07, 6.45) is 2.28. The third-order valence-electron chi connectivity index (χ3n) is 3.07. The van der Waals surface area contributed by atoms with Crippen LogP contribution in [0.15, 0.2) is 24.3 Å². The minimum atomic E-state index is -0.140. The predicted molar refractivity (Wildman–Crippen MR) is 84.3 cm³/mol. The first kappa shape index (κ1) is 17.5. The van der Waals surface area contributed by atoms with Gasteiger partial charge in [-0.2, -0.15) is 0 Å². The van der Waals surface area contributed by atoms with Gasteiger partial charge in [0.1, 0.15) is 19.0 Å². The summed E-state index contributed by atoms with van der Waals surface area (Å²) in [6, 6.07) is 7.53. The minimum Gasteiger partial charge on any atom is -0.492 e. The van der Waals surface area contributed by atoms with Crippen molar-refractivity contribution in [2.45, 2.75) is 19.8 Å². The Hall–Kier alpha value is -1.54. The zero-order chi connectivity index (χ0) is 15.3. The molecule has 0 atom stereocenters. The van der Waals surface area contributed by atoms with Crippen molar-refractivity contribution >= 4 is 0 Å². The maximum atomic E-state index is 9.05. The van der Waals surface area contributed by atoms with Gasteiger partial charge in [-0.15, -0.1) is 0 Å². The molecule has 0 fully saturated rings. The van der Waals surface area contributed by atoms with Crippen LogP contribution in [-0.4, -0.2) is 54.6 Å². The van der Waals surface area contributed by atoms with E-state index < -0.39 is 0 Å². The van der Waals surface area contributed by atoms with E-state index >= 15 is 0 Å². The molecule has 2 N–H and O–H groups in total. The van der Waals surface area contributed by atoms with Crippen LogP contribution in [-0.2, 0) is 0 Å². The molecular weight excluding hydrogens is 266 g/mol. The number of aliphatic hydroxyl groups excluding tert-OH is 2. The number of aliphatic hydroxyl groups is 2. The zero-order valence-electron chi connectivity index (χ0n) is 12.7. The van der Waals surface area contributed by atoms with Crippen LogP contribution in [0.1, 0.15) is 25.3 Å². The molecule has 116 valence electrons. The average molecular weight is 291 g/mol. The van der Waals surface area contributed by atoms with Crippen LogP contribution in [0.25, 0.3) is 0 Å². The van der Waals surface area contributed by atoms with Gasteiger partial charge in [-0.3, -0.25) is 4.90 Å². The number of nitrogens with zero attached hydrogens (tertiary/aromatic N) is 1. The Morgan fingerprint density at radius 2 is 2.05 bits per heavy atom. The summed E-state index contributed by atoms with van der Waals surface area (Å²) in [6.45, 7) is 5.25. The Bertz CT molecular complexity index is 451. The number of hydrogen-bond donors (Lipinski definition) is 2. The van der Waals surface area contributed by atoms with E-state index in [0.717, 1.165) is 37.2 Å². The summed E-state index contributed by atoms with van der Waals surface area (Å²) in [5.41, 5.74) is 0.833. The van der Waals surface area contributed by atoms with Crippen LogP contribution in [0.3, 0.4) is 0 Å². The van der Waals surface area contributed by atoms with Gasteiger partial charge in [0, 0.05) is 18.7 Å². The van der Waals surface area contributed by atoms with Crippen molar-refractivity contribution < 1.29 is 14.9 Å². The van der Waals surface area contributed by atoms with Gasteiger partial charge in [-0.1, -0.05) is 31.3 Å². The number of benzene rings is 1. The summed E-state index contributed by atoms with van der Waals surface area (Å²) in [5, 5.41) is 17.7. The fourth-order valence-electron chi connectivity index (χ4n) is 1.96. The standard InChI is InChI=1S/C17H25NO3/c1-2-3-9-18(10-13-20)11-14-21-17-8-4-6-16(15-17)7-5-12-19/h4,6,8,15,19-20H,2-3,9-14H2,1H3. The summed E-state index contributed by atoms with van der Waals surface area (Å²) in [5.74, 6) is 6.26. The first-order valence-electron chi connectivity index (χ1n) is 7.46. The van der Waals surface area contributed by atoms with Gasteiger partial charge in [-0.25, -0.2) is 0 Å². The third kappa shape index (κ3) is 7.72. The van der Waals surface area contributed by atoms with Crippen molar-refractivity contribution in [3.05, 3.63) is 29.8 Å². The second kappa shape index (κ2) is 11.2. The Labute approximate surface area is 127 Å². The molecular formula is C17H25NO3. The fourth-order valence-corrected chi connectivity index (χ4v) is 1.96. The monoisotopic (exact) mass is 291 g/mol. The van der Waals surface area contributed by atoms with Gasteiger partial charge >= 0.3 is 0 Å². The molecule has 0 saturated carbocycles. The van der Waals surface area contributed by atoms with E-state index in [9.17, 15) is 0 Å². The van der Waals surface area contributed by atoms with E-state index in [-0.39, 0.29) is 13.2 Å². The lowest BCUT2D eigenvalue weighted by molar-refractivity contribution is 0.167. The molecule has 0 aromatic heterocycles. The van der Waals surface area contributed by atoms with Gasteiger partial charge < -0.3 is 14.9 Å². The van der Waals surface area contributed by atoms with Crippen LogP contribution < -0.4 is 4.74 Å². The molecule has 4 heteroatoms. The smallest absolute Gasteiger partial charge is 0.120 e. The number of hydrogen-bond acceptors (Lipinski definition) is 4. The molecule has 0 spiro atoms. The molecule has 0 radical (unpaired) electrons. The highest BCUT2D eigenvalue weighted by Crippen LogP contribution is 2.12. The lowest BCUT2D eigenvalue weighted by Crippen LogP contribution is -2.32. The quantitative estimate of drug-likeness (QED) is 0.677. The van der Waals surface area contributed by atoms with Crippen molar-refractivity contribution in [2.24, 2.45) is 0 Å². The minimum absolute atomic E-state index is 0.140. The summed E-state index contributed by atoms with van der Waals surface area (Å²) >= 11 is 0. The summed E-state index contributed by atoms with van der Waals surface area (Å²) in [4.78, 5) is 2.21. The topological polar surface area (TPSA) is 52.9 Å². The Morgan fingerprint density at radius 3 is 2.76 bits per heavy atom. The van der Waals surface area contributed by atoms with Crippen molar-refractivity contribution in [1.29, 1.82) is 0 Å². The SMILES string of the molecule is CCCCN(CCO)CCOc1cccc(C#CCO)c1. The lowest BCUT2D eigenvalue weighted by Gasteiger charge is -2.21. The first-order valence-corrected chi connectivity index (χ1v) is 7.46. The normalized spacial score (nSPS) is 10.3. The maximum absolute atomic E-state index is 9.05. The van der Waals surface area contributed by atoms with Crippen molar-refractivity contribution in [3.8, 4) is 17.6 Å². The largest absolute Gasteiger partial charge is 0.492 e. The Kier molecular flexibility index (Phi) is 9.30. The van der Waals surface area contributed by atoms with Gasteiger partial charge in [0.15, 0.2) is 0 Å². The van der Waals surface area contributed by atoms with Crippen LogP contribution in [0.5, 0.6) is 5.75 Å². The second-order valence-electron chi connectivity index (χ2n) is 4.75. The Balaban J connectivity index is 2.42. The van der Waals surface area contributed by atoms with Gasteiger partial charge in [0.2, 0.25) is 0 Å². The molecule has 1 aromatic carbocycles. The van der Waals surface area contributed by atoms with Crippen LogP contribution in [0.2, 0.25) is 0 Å². The highest BCUT2D eigenvalue weighted by Gasteiger charge is 2.04. The number of unbranched alkanes of at least 4 members (excludes halogenated alkanes) is 1. The van der Waals surface area contributed by atoms with Gasteiger partial charge in [0.05, 0.1) is 6.61 Å². The molecule has 21 heavy (non-hydrogen) atoms. The molecule has 0 aliphatic rings. The maximum Gasteiger partial charge on any atom is 0.120 e.